The van der Waals surface area contributed by atoms with Crippen molar-refractivity contribution >= 4 is 15.9 Å². The van der Waals surface area contributed by atoms with Crippen LogP contribution in [0.2, 0.25) is 0 Å². The standard InChI is InChI=1S/C11H15BrO3/c1-7(2)15-9-6-5-8(12)10(13-3)11(9)14-4/h5-7H,1-4H3. The Labute approximate surface area is 98.5 Å². The van der Waals surface area contributed by atoms with Crippen LogP contribution in [0.25, 0.3) is 0 Å². The average Bonchev–Trinajstić information content (AvgIpc) is 2.19. The van der Waals surface area contributed by atoms with Crippen molar-refractivity contribution in [2.45, 2.75) is 20.0 Å². The number of halogens is 1. The molecular formula is C11H15BrO3. The van der Waals surface area contributed by atoms with Gasteiger partial charge in [-0.25, -0.2) is 0 Å². The van der Waals surface area contributed by atoms with Gasteiger partial charge in [-0.2, -0.15) is 0 Å². The highest BCUT2D eigenvalue weighted by Crippen LogP contribution is 2.42. The maximum absolute atomic E-state index is 5.61. The van der Waals surface area contributed by atoms with Crippen molar-refractivity contribution in [2.24, 2.45) is 0 Å². The smallest absolute Gasteiger partial charge is 0.204 e. The van der Waals surface area contributed by atoms with Gasteiger partial charge in [0.2, 0.25) is 5.75 Å². The van der Waals surface area contributed by atoms with E-state index in [0.717, 1.165) is 4.47 Å². The lowest BCUT2D eigenvalue weighted by molar-refractivity contribution is 0.226. The molecule has 0 fully saturated rings. The van der Waals surface area contributed by atoms with Crippen molar-refractivity contribution in [1.29, 1.82) is 0 Å². The molecule has 0 bridgehead atoms. The third-order valence-corrected chi connectivity index (χ3v) is 2.42. The molecule has 0 aliphatic carbocycles. The molecule has 0 radical (unpaired) electrons. The van der Waals surface area contributed by atoms with Crippen LogP contribution >= 0.6 is 15.9 Å². The van der Waals surface area contributed by atoms with E-state index >= 15 is 0 Å². The van der Waals surface area contributed by atoms with Crippen LogP contribution in [0.4, 0.5) is 0 Å². The van der Waals surface area contributed by atoms with E-state index in [9.17, 15) is 0 Å². The minimum atomic E-state index is 0.102. The van der Waals surface area contributed by atoms with Crippen molar-refractivity contribution in [1.82, 2.24) is 0 Å². The average molecular weight is 275 g/mol. The summed E-state index contributed by atoms with van der Waals surface area (Å²) in [7, 11) is 3.19. The summed E-state index contributed by atoms with van der Waals surface area (Å²) < 4.78 is 17.0. The monoisotopic (exact) mass is 274 g/mol. The summed E-state index contributed by atoms with van der Waals surface area (Å²) in [6, 6.07) is 3.73. The van der Waals surface area contributed by atoms with Crippen molar-refractivity contribution in [3.8, 4) is 17.2 Å². The summed E-state index contributed by atoms with van der Waals surface area (Å²) in [4.78, 5) is 0. The van der Waals surface area contributed by atoms with Crippen LogP contribution in [0.5, 0.6) is 17.2 Å². The van der Waals surface area contributed by atoms with E-state index in [1.807, 2.05) is 26.0 Å². The number of hydrogen-bond acceptors (Lipinski definition) is 3. The summed E-state index contributed by atoms with van der Waals surface area (Å²) >= 11 is 3.39. The normalized spacial score (nSPS) is 10.3. The first kappa shape index (κ1) is 12.2. The van der Waals surface area contributed by atoms with Gasteiger partial charge in [0.1, 0.15) is 0 Å². The summed E-state index contributed by atoms with van der Waals surface area (Å²) in [5.74, 6) is 1.95. The maximum atomic E-state index is 5.61. The quantitative estimate of drug-likeness (QED) is 0.844. The van der Waals surface area contributed by atoms with Gasteiger partial charge in [-0.05, 0) is 41.9 Å². The van der Waals surface area contributed by atoms with Crippen LogP contribution in [0.15, 0.2) is 16.6 Å². The summed E-state index contributed by atoms with van der Waals surface area (Å²) in [5.41, 5.74) is 0. The van der Waals surface area contributed by atoms with Gasteiger partial charge in [-0.1, -0.05) is 0 Å². The molecule has 15 heavy (non-hydrogen) atoms. The van der Waals surface area contributed by atoms with Gasteiger partial charge >= 0.3 is 0 Å². The van der Waals surface area contributed by atoms with Crippen molar-refractivity contribution in [2.75, 3.05) is 14.2 Å². The fourth-order valence-electron chi connectivity index (χ4n) is 1.25. The summed E-state index contributed by atoms with van der Waals surface area (Å²) in [6.45, 7) is 3.93. The lowest BCUT2D eigenvalue weighted by Gasteiger charge is -2.16. The first-order valence-corrected chi connectivity index (χ1v) is 5.46. The first-order valence-electron chi connectivity index (χ1n) is 4.67. The zero-order chi connectivity index (χ0) is 11.4. The van der Waals surface area contributed by atoms with E-state index < -0.39 is 0 Å². The van der Waals surface area contributed by atoms with E-state index in [2.05, 4.69) is 15.9 Å². The summed E-state index contributed by atoms with van der Waals surface area (Å²) in [5, 5.41) is 0. The molecule has 1 rings (SSSR count). The molecule has 0 aromatic heterocycles. The lowest BCUT2D eigenvalue weighted by Crippen LogP contribution is -2.07. The molecule has 0 spiro atoms. The highest BCUT2D eigenvalue weighted by atomic mass is 79.9. The van der Waals surface area contributed by atoms with E-state index in [-0.39, 0.29) is 6.10 Å². The van der Waals surface area contributed by atoms with Gasteiger partial charge in [-0.15, -0.1) is 0 Å². The van der Waals surface area contributed by atoms with Gasteiger partial charge < -0.3 is 14.2 Å². The van der Waals surface area contributed by atoms with Crippen molar-refractivity contribution in [3.05, 3.63) is 16.6 Å². The Bertz CT molecular complexity index is 337. The number of rotatable bonds is 4. The van der Waals surface area contributed by atoms with Crippen LogP contribution in [0.1, 0.15) is 13.8 Å². The predicted octanol–water partition coefficient (Wildman–Crippen LogP) is 3.25. The number of benzene rings is 1. The van der Waals surface area contributed by atoms with Crippen LogP contribution in [-0.2, 0) is 0 Å². The summed E-state index contributed by atoms with van der Waals surface area (Å²) in [6.07, 6.45) is 0.102. The highest BCUT2D eigenvalue weighted by Gasteiger charge is 2.15. The molecule has 1 aromatic carbocycles. The molecule has 0 atom stereocenters. The molecule has 0 amide bonds. The van der Waals surface area contributed by atoms with Gasteiger partial charge in [0.05, 0.1) is 24.8 Å². The van der Waals surface area contributed by atoms with Crippen molar-refractivity contribution in [3.63, 3.8) is 0 Å². The Hall–Kier alpha value is -0.900. The van der Waals surface area contributed by atoms with Gasteiger partial charge in [-0.3, -0.25) is 0 Å². The Kier molecular flexibility index (Phi) is 4.27. The van der Waals surface area contributed by atoms with Gasteiger partial charge in [0.15, 0.2) is 11.5 Å². The second kappa shape index (κ2) is 5.26. The minimum Gasteiger partial charge on any atom is -0.492 e. The zero-order valence-corrected chi connectivity index (χ0v) is 10.9. The second-order valence-corrected chi connectivity index (χ2v) is 4.13. The van der Waals surface area contributed by atoms with Gasteiger partial charge in [0.25, 0.3) is 0 Å². The van der Waals surface area contributed by atoms with Gasteiger partial charge in [0, 0.05) is 0 Å². The van der Waals surface area contributed by atoms with E-state index in [1.54, 1.807) is 14.2 Å². The van der Waals surface area contributed by atoms with Crippen LogP contribution in [0.3, 0.4) is 0 Å². The van der Waals surface area contributed by atoms with Crippen LogP contribution in [-0.4, -0.2) is 20.3 Å². The Morgan fingerprint density at radius 2 is 1.67 bits per heavy atom. The Morgan fingerprint density at radius 3 is 2.13 bits per heavy atom. The molecule has 4 heteroatoms. The SMILES string of the molecule is COc1c(Br)ccc(OC(C)C)c1OC. The molecule has 0 N–H and O–H groups in total. The second-order valence-electron chi connectivity index (χ2n) is 3.28. The lowest BCUT2D eigenvalue weighted by atomic mass is 10.3. The fourth-order valence-corrected chi connectivity index (χ4v) is 1.72. The molecule has 0 unspecified atom stereocenters. The number of methoxy groups -OCH3 is 2. The highest BCUT2D eigenvalue weighted by molar-refractivity contribution is 9.10. The van der Waals surface area contributed by atoms with Crippen molar-refractivity contribution < 1.29 is 14.2 Å². The van der Waals surface area contributed by atoms with Crippen LogP contribution in [0, 0.1) is 0 Å². The van der Waals surface area contributed by atoms with Crippen LogP contribution < -0.4 is 14.2 Å². The Morgan fingerprint density at radius 1 is 1.07 bits per heavy atom. The molecule has 0 heterocycles. The fraction of sp³-hybridized carbons (Fsp3) is 0.455. The molecule has 0 saturated carbocycles. The molecule has 84 valence electrons. The minimum absolute atomic E-state index is 0.102. The molecule has 0 aliphatic rings. The first-order chi connectivity index (χ1) is 7.10. The largest absolute Gasteiger partial charge is 0.492 e. The van der Waals surface area contributed by atoms with E-state index in [4.69, 9.17) is 14.2 Å². The zero-order valence-electron chi connectivity index (χ0n) is 9.33. The third-order valence-electron chi connectivity index (χ3n) is 1.80. The predicted molar refractivity (Wildman–Crippen MR) is 63.0 cm³/mol. The molecular weight excluding hydrogens is 260 g/mol. The number of ether oxygens (including phenoxy) is 3. The molecule has 0 saturated heterocycles. The third kappa shape index (κ3) is 2.78. The molecule has 0 aliphatic heterocycles. The molecule has 1 aromatic rings. The number of hydrogen-bond donors (Lipinski definition) is 0. The van der Waals surface area contributed by atoms with E-state index in [1.165, 1.54) is 0 Å². The topological polar surface area (TPSA) is 27.7 Å². The maximum Gasteiger partial charge on any atom is 0.204 e. The molecule has 3 nitrogen and oxygen atoms in total. The van der Waals surface area contributed by atoms with E-state index in [0.29, 0.717) is 17.2 Å². The Balaban J connectivity index is 3.16.